The molecule has 0 saturated heterocycles. The molecule has 0 aliphatic heterocycles. The molecule has 3 N–H and O–H groups in total. The normalized spacial score (nSPS) is 17.0. The zero-order valence-corrected chi connectivity index (χ0v) is 10.6. The molecule has 17 heavy (non-hydrogen) atoms. The molecular weight excluding hydrogens is 208 g/mol. The molecule has 1 aliphatic carbocycles. The van der Waals surface area contributed by atoms with Crippen LogP contribution >= 0.6 is 0 Å². The first-order valence-corrected chi connectivity index (χ1v) is 6.87. The predicted molar refractivity (Wildman–Crippen MR) is 72.8 cm³/mol. The van der Waals surface area contributed by atoms with Gasteiger partial charge in [-0.05, 0) is 43.8 Å². The average molecular weight is 232 g/mol. The second kappa shape index (κ2) is 6.77. The van der Waals surface area contributed by atoms with Crippen LogP contribution in [-0.4, -0.2) is 13.1 Å². The third-order valence-corrected chi connectivity index (χ3v) is 3.52. The Morgan fingerprint density at radius 1 is 1.18 bits per heavy atom. The summed E-state index contributed by atoms with van der Waals surface area (Å²) in [6, 6.07) is 10.6. The molecule has 1 saturated carbocycles. The van der Waals surface area contributed by atoms with Crippen molar-refractivity contribution in [2.45, 2.75) is 38.1 Å². The molecule has 0 bridgehead atoms. The molecule has 1 fully saturated rings. The maximum atomic E-state index is 6.14. The van der Waals surface area contributed by atoms with Gasteiger partial charge in [-0.3, -0.25) is 0 Å². The van der Waals surface area contributed by atoms with E-state index >= 15 is 0 Å². The quantitative estimate of drug-likeness (QED) is 0.676. The summed E-state index contributed by atoms with van der Waals surface area (Å²) in [4.78, 5) is 0. The van der Waals surface area contributed by atoms with E-state index in [9.17, 15) is 0 Å². The summed E-state index contributed by atoms with van der Waals surface area (Å²) < 4.78 is 0. The van der Waals surface area contributed by atoms with Gasteiger partial charge < -0.3 is 11.1 Å². The van der Waals surface area contributed by atoms with Crippen LogP contribution in [-0.2, 0) is 0 Å². The molecule has 1 atom stereocenters. The standard InChI is InChI=1S/C15H24N2/c16-15(14-5-2-1-3-6-14)7-4-11-17-12-10-13-8-9-13/h1-3,5-6,13,15,17H,4,7-12,16H2. The third-order valence-electron chi connectivity index (χ3n) is 3.52. The summed E-state index contributed by atoms with van der Waals surface area (Å²) >= 11 is 0. The Morgan fingerprint density at radius 2 is 1.94 bits per heavy atom. The topological polar surface area (TPSA) is 38.0 Å². The van der Waals surface area contributed by atoms with Crippen LogP contribution in [0.15, 0.2) is 30.3 Å². The minimum Gasteiger partial charge on any atom is -0.324 e. The van der Waals surface area contributed by atoms with E-state index in [0.717, 1.165) is 18.9 Å². The number of benzene rings is 1. The lowest BCUT2D eigenvalue weighted by molar-refractivity contribution is 0.548. The average Bonchev–Trinajstić information content (AvgIpc) is 3.18. The van der Waals surface area contributed by atoms with Gasteiger partial charge in [-0.1, -0.05) is 43.2 Å². The highest BCUT2D eigenvalue weighted by molar-refractivity contribution is 5.18. The van der Waals surface area contributed by atoms with Crippen molar-refractivity contribution in [3.05, 3.63) is 35.9 Å². The zero-order chi connectivity index (χ0) is 11.9. The maximum absolute atomic E-state index is 6.14. The van der Waals surface area contributed by atoms with Gasteiger partial charge in [0.2, 0.25) is 0 Å². The zero-order valence-electron chi connectivity index (χ0n) is 10.6. The second-order valence-electron chi connectivity index (χ2n) is 5.14. The molecule has 0 spiro atoms. The van der Waals surface area contributed by atoms with E-state index in [1.165, 1.54) is 37.8 Å². The monoisotopic (exact) mass is 232 g/mol. The van der Waals surface area contributed by atoms with Gasteiger partial charge in [-0.25, -0.2) is 0 Å². The molecule has 0 radical (unpaired) electrons. The van der Waals surface area contributed by atoms with Crippen molar-refractivity contribution in [2.24, 2.45) is 11.7 Å². The van der Waals surface area contributed by atoms with E-state index < -0.39 is 0 Å². The van der Waals surface area contributed by atoms with Crippen LogP contribution in [0.3, 0.4) is 0 Å². The SMILES string of the molecule is NC(CCCNCCC1CC1)c1ccccc1. The van der Waals surface area contributed by atoms with Crippen LogP contribution < -0.4 is 11.1 Å². The molecule has 2 heteroatoms. The summed E-state index contributed by atoms with van der Waals surface area (Å²) in [6.45, 7) is 2.29. The van der Waals surface area contributed by atoms with E-state index in [4.69, 9.17) is 5.73 Å². The van der Waals surface area contributed by atoms with E-state index in [1.807, 2.05) is 6.07 Å². The summed E-state index contributed by atoms with van der Waals surface area (Å²) in [7, 11) is 0. The van der Waals surface area contributed by atoms with Crippen LogP contribution in [0.25, 0.3) is 0 Å². The number of rotatable bonds is 8. The van der Waals surface area contributed by atoms with Crippen molar-refractivity contribution in [1.29, 1.82) is 0 Å². The lowest BCUT2D eigenvalue weighted by Crippen LogP contribution is -2.19. The molecule has 1 aliphatic rings. The van der Waals surface area contributed by atoms with Gasteiger partial charge in [0.15, 0.2) is 0 Å². The maximum Gasteiger partial charge on any atom is 0.0295 e. The fraction of sp³-hybridized carbons (Fsp3) is 0.600. The van der Waals surface area contributed by atoms with Gasteiger partial charge in [0.1, 0.15) is 0 Å². The van der Waals surface area contributed by atoms with Gasteiger partial charge in [-0.2, -0.15) is 0 Å². The van der Waals surface area contributed by atoms with Gasteiger partial charge in [0, 0.05) is 6.04 Å². The highest BCUT2D eigenvalue weighted by Crippen LogP contribution is 2.31. The molecular formula is C15H24N2. The lowest BCUT2D eigenvalue weighted by Gasteiger charge is -2.12. The van der Waals surface area contributed by atoms with E-state index in [-0.39, 0.29) is 6.04 Å². The molecule has 0 heterocycles. The number of nitrogens with two attached hydrogens (primary N) is 1. The molecule has 0 aromatic heterocycles. The highest BCUT2D eigenvalue weighted by atomic mass is 14.8. The van der Waals surface area contributed by atoms with Crippen LogP contribution in [0, 0.1) is 5.92 Å². The van der Waals surface area contributed by atoms with Crippen molar-refractivity contribution in [2.75, 3.05) is 13.1 Å². The Kier molecular flexibility index (Phi) is 5.02. The van der Waals surface area contributed by atoms with Crippen molar-refractivity contribution >= 4 is 0 Å². The Balaban J connectivity index is 1.52. The Morgan fingerprint density at radius 3 is 2.65 bits per heavy atom. The van der Waals surface area contributed by atoms with Crippen LogP contribution in [0.1, 0.15) is 43.7 Å². The minimum absolute atomic E-state index is 0.196. The van der Waals surface area contributed by atoms with Gasteiger partial charge in [0.25, 0.3) is 0 Å². The smallest absolute Gasteiger partial charge is 0.0295 e. The fourth-order valence-electron chi connectivity index (χ4n) is 2.15. The van der Waals surface area contributed by atoms with Gasteiger partial charge in [-0.15, -0.1) is 0 Å². The van der Waals surface area contributed by atoms with Gasteiger partial charge >= 0.3 is 0 Å². The summed E-state index contributed by atoms with van der Waals surface area (Å²) in [5.41, 5.74) is 7.40. The molecule has 1 unspecified atom stereocenters. The lowest BCUT2D eigenvalue weighted by atomic mass is 10.0. The first kappa shape index (κ1) is 12.6. The molecule has 94 valence electrons. The third kappa shape index (κ3) is 4.88. The van der Waals surface area contributed by atoms with Crippen molar-refractivity contribution in [3.8, 4) is 0 Å². The van der Waals surface area contributed by atoms with E-state index in [1.54, 1.807) is 0 Å². The highest BCUT2D eigenvalue weighted by Gasteiger charge is 2.19. The van der Waals surface area contributed by atoms with E-state index in [0.29, 0.717) is 0 Å². The summed E-state index contributed by atoms with van der Waals surface area (Å²) in [5, 5.41) is 3.51. The number of hydrogen-bond donors (Lipinski definition) is 2. The minimum atomic E-state index is 0.196. The summed E-state index contributed by atoms with van der Waals surface area (Å²) in [5.74, 6) is 1.04. The predicted octanol–water partition coefficient (Wildman–Crippen LogP) is 2.86. The fourth-order valence-corrected chi connectivity index (χ4v) is 2.15. The van der Waals surface area contributed by atoms with E-state index in [2.05, 4.69) is 29.6 Å². The number of nitrogens with one attached hydrogen (secondary N) is 1. The van der Waals surface area contributed by atoms with Crippen LogP contribution in [0.2, 0.25) is 0 Å². The van der Waals surface area contributed by atoms with Crippen molar-refractivity contribution < 1.29 is 0 Å². The van der Waals surface area contributed by atoms with Crippen molar-refractivity contribution in [1.82, 2.24) is 5.32 Å². The molecule has 2 rings (SSSR count). The Hall–Kier alpha value is -0.860. The van der Waals surface area contributed by atoms with Gasteiger partial charge in [0.05, 0.1) is 0 Å². The number of hydrogen-bond acceptors (Lipinski definition) is 2. The van der Waals surface area contributed by atoms with Crippen molar-refractivity contribution in [3.63, 3.8) is 0 Å². The van der Waals surface area contributed by atoms with Crippen LogP contribution in [0.4, 0.5) is 0 Å². The first-order valence-electron chi connectivity index (χ1n) is 6.87. The Bertz CT molecular complexity index is 306. The summed E-state index contributed by atoms with van der Waals surface area (Å²) in [6.07, 6.45) is 6.52. The Labute approximate surface area is 105 Å². The molecule has 0 amide bonds. The molecule has 2 nitrogen and oxygen atoms in total. The largest absolute Gasteiger partial charge is 0.324 e. The second-order valence-corrected chi connectivity index (χ2v) is 5.14. The van der Waals surface area contributed by atoms with Crippen LogP contribution in [0.5, 0.6) is 0 Å². The molecule has 1 aromatic rings. The first-order chi connectivity index (χ1) is 8.36. The molecule has 1 aromatic carbocycles.